The zero-order valence-electron chi connectivity index (χ0n) is 14.1. The SMILES string of the molecule is CC(Nc1cc(Nc2cc(C3CC3)[nH]n2)ncn1)c1ccc(Cl)cc1F. The summed E-state index contributed by atoms with van der Waals surface area (Å²) in [5.41, 5.74) is 1.66. The highest BCUT2D eigenvalue weighted by atomic mass is 35.5. The first-order valence-electron chi connectivity index (χ1n) is 8.44. The maximum atomic E-state index is 14.1. The average molecular weight is 373 g/mol. The van der Waals surface area contributed by atoms with Crippen LogP contribution in [0, 0.1) is 5.82 Å². The molecule has 8 heteroatoms. The number of H-pyrrole nitrogens is 1. The Kier molecular flexibility index (Phi) is 4.46. The highest BCUT2D eigenvalue weighted by Gasteiger charge is 2.25. The van der Waals surface area contributed by atoms with Crippen LogP contribution in [0.25, 0.3) is 0 Å². The number of nitrogens with zero attached hydrogens (tertiary/aromatic N) is 3. The first-order valence-corrected chi connectivity index (χ1v) is 8.82. The molecule has 1 fully saturated rings. The van der Waals surface area contributed by atoms with Crippen molar-refractivity contribution in [3.8, 4) is 0 Å². The standard InChI is InChI=1S/C18H18ClFN6/c1-10(13-5-4-12(19)6-14(13)20)23-16-8-17(22-9-21-16)24-18-7-15(25-26-18)11-2-3-11/h4-11H,2-3H2,1H3,(H3,21,22,23,24,25,26). The first kappa shape index (κ1) is 16.8. The molecule has 4 rings (SSSR count). The third-order valence-electron chi connectivity index (χ3n) is 4.33. The average Bonchev–Trinajstić information content (AvgIpc) is 3.35. The molecule has 0 spiro atoms. The van der Waals surface area contributed by atoms with Gasteiger partial charge in [-0.05, 0) is 31.9 Å². The Hall–Kier alpha value is -2.67. The van der Waals surface area contributed by atoms with Crippen LogP contribution < -0.4 is 10.6 Å². The van der Waals surface area contributed by atoms with Crippen molar-refractivity contribution in [1.82, 2.24) is 20.2 Å². The molecule has 3 aromatic rings. The van der Waals surface area contributed by atoms with E-state index in [0.29, 0.717) is 34.0 Å². The second-order valence-electron chi connectivity index (χ2n) is 6.43. The van der Waals surface area contributed by atoms with Gasteiger partial charge in [-0.15, -0.1) is 0 Å². The molecule has 6 nitrogen and oxygen atoms in total. The molecule has 1 aromatic carbocycles. The number of aromatic nitrogens is 4. The smallest absolute Gasteiger partial charge is 0.153 e. The summed E-state index contributed by atoms with van der Waals surface area (Å²) in [7, 11) is 0. The number of rotatable bonds is 6. The molecule has 1 unspecified atom stereocenters. The normalized spacial score (nSPS) is 14.9. The second-order valence-corrected chi connectivity index (χ2v) is 6.86. The molecule has 2 aromatic heterocycles. The Morgan fingerprint density at radius 2 is 1.96 bits per heavy atom. The molecular formula is C18H18ClFN6. The zero-order valence-corrected chi connectivity index (χ0v) is 14.9. The summed E-state index contributed by atoms with van der Waals surface area (Å²) in [6.45, 7) is 1.86. The van der Waals surface area contributed by atoms with Crippen LogP contribution in [-0.2, 0) is 0 Å². The van der Waals surface area contributed by atoms with Crippen molar-refractivity contribution >= 4 is 29.1 Å². The number of hydrogen-bond donors (Lipinski definition) is 3. The Bertz CT molecular complexity index is 924. The van der Waals surface area contributed by atoms with Crippen LogP contribution in [0.15, 0.2) is 36.7 Å². The fraction of sp³-hybridized carbons (Fsp3) is 0.278. The molecule has 0 bridgehead atoms. The third kappa shape index (κ3) is 3.77. The zero-order chi connectivity index (χ0) is 18.1. The highest BCUT2D eigenvalue weighted by Crippen LogP contribution is 2.39. The Morgan fingerprint density at radius 3 is 2.73 bits per heavy atom. The van der Waals surface area contributed by atoms with E-state index >= 15 is 0 Å². The van der Waals surface area contributed by atoms with E-state index in [-0.39, 0.29) is 11.9 Å². The van der Waals surface area contributed by atoms with Crippen LogP contribution in [0.1, 0.15) is 43.0 Å². The van der Waals surface area contributed by atoms with Gasteiger partial charge in [-0.2, -0.15) is 5.10 Å². The summed E-state index contributed by atoms with van der Waals surface area (Å²) in [4.78, 5) is 8.40. The van der Waals surface area contributed by atoms with Crippen LogP contribution >= 0.6 is 11.6 Å². The lowest BCUT2D eigenvalue weighted by Crippen LogP contribution is -2.10. The molecule has 3 N–H and O–H groups in total. The van der Waals surface area contributed by atoms with Crippen LogP contribution in [0.4, 0.5) is 21.8 Å². The minimum Gasteiger partial charge on any atom is -0.363 e. The lowest BCUT2D eigenvalue weighted by Gasteiger charge is -2.16. The topological polar surface area (TPSA) is 78.5 Å². The van der Waals surface area contributed by atoms with E-state index in [0.717, 1.165) is 5.69 Å². The number of anilines is 3. The van der Waals surface area contributed by atoms with Gasteiger partial charge >= 0.3 is 0 Å². The van der Waals surface area contributed by atoms with Crippen molar-refractivity contribution in [1.29, 1.82) is 0 Å². The summed E-state index contributed by atoms with van der Waals surface area (Å²) in [6, 6.07) is 8.12. The lowest BCUT2D eigenvalue weighted by atomic mass is 10.1. The van der Waals surface area contributed by atoms with E-state index in [4.69, 9.17) is 11.6 Å². The van der Waals surface area contributed by atoms with Gasteiger partial charge in [-0.1, -0.05) is 17.7 Å². The van der Waals surface area contributed by atoms with Crippen molar-refractivity contribution in [3.63, 3.8) is 0 Å². The van der Waals surface area contributed by atoms with Crippen molar-refractivity contribution in [2.45, 2.75) is 31.7 Å². The molecular weight excluding hydrogens is 355 g/mol. The van der Waals surface area contributed by atoms with Crippen molar-refractivity contribution in [3.05, 3.63) is 58.8 Å². The Morgan fingerprint density at radius 1 is 1.15 bits per heavy atom. The van der Waals surface area contributed by atoms with Gasteiger partial charge in [-0.25, -0.2) is 14.4 Å². The minimum atomic E-state index is -0.353. The molecule has 1 aliphatic carbocycles. The molecule has 0 amide bonds. The van der Waals surface area contributed by atoms with E-state index in [1.54, 1.807) is 18.2 Å². The molecule has 2 heterocycles. The van der Waals surface area contributed by atoms with Gasteiger partial charge in [0.25, 0.3) is 0 Å². The third-order valence-corrected chi connectivity index (χ3v) is 4.57. The van der Waals surface area contributed by atoms with E-state index in [1.165, 1.54) is 25.2 Å². The summed E-state index contributed by atoms with van der Waals surface area (Å²) in [5, 5.41) is 14.0. The number of nitrogens with one attached hydrogen (secondary N) is 3. The first-order chi connectivity index (χ1) is 12.6. The monoisotopic (exact) mass is 372 g/mol. The lowest BCUT2D eigenvalue weighted by molar-refractivity contribution is 0.600. The van der Waals surface area contributed by atoms with Crippen molar-refractivity contribution in [2.75, 3.05) is 10.6 Å². The van der Waals surface area contributed by atoms with E-state index in [9.17, 15) is 4.39 Å². The summed E-state index contributed by atoms with van der Waals surface area (Å²) in [5.74, 6) is 2.17. The highest BCUT2D eigenvalue weighted by molar-refractivity contribution is 6.30. The Balaban J connectivity index is 1.46. The summed E-state index contributed by atoms with van der Waals surface area (Å²) >= 11 is 5.81. The van der Waals surface area contributed by atoms with Gasteiger partial charge in [0.15, 0.2) is 5.82 Å². The minimum absolute atomic E-state index is 0.276. The molecule has 1 aliphatic rings. The van der Waals surface area contributed by atoms with Gasteiger partial charge in [0, 0.05) is 34.3 Å². The van der Waals surface area contributed by atoms with Crippen LogP contribution in [-0.4, -0.2) is 20.2 Å². The molecule has 0 saturated heterocycles. The molecule has 0 radical (unpaired) electrons. The summed E-state index contributed by atoms with van der Waals surface area (Å²) in [6.07, 6.45) is 3.87. The number of halogens is 2. The molecule has 26 heavy (non-hydrogen) atoms. The van der Waals surface area contributed by atoms with Crippen molar-refractivity contribution < 1.29 is 4.39 Å². The largest absolute Gasteiger partial charge is 0.363 e. The van der Waals surface area contributed by atoms with Gasteiger partial charge in [0.2, 0.25) is 0 Å². The molecule has 134 valence electrons. The van der Waals surface area contributed by atoms with Gasteiger partial charge in [-0.3, -0.25) is 5.10 Å². The molecule has 1 atom stereocenters. The fourth-order valence-corrected chi connectivity index (χ4v) is 2.95. The Labute approximate surface area is 155 Å². The predicted molar refractivity (Wildman–Crippen MR) is 99.3 cm³/mol. The fourth-order valence-electron chi connectivity index (χ4n) is 2.79. The maximum Gasteiger partial charge on any atom is 0.153 e. The number of aromatic amines is 1. The van der Waals surface area contributed by atoms with Crippen LogP contribution in [0.2, 0.25) is 5.02 Å². The van der Waals surface area contributed by atoms with E-state index in [2.05, 4.69) is 30.8 Å². The van der Waals surface area contributed by atoms with E-state index < -0.39 is 0 Å². The van der Waals surface area contributed by atoms with Gasteiger partial charge in [0.1, 0.15) is 23.8 Å². The number of benzene rings is 1. The van der Waals surface area contributed by atoms with Crippen LogP contribution in [0.5, 0.6) is 0 Å². The quantitative estimate of drug-likeness (QED) is 0.580. The molecule has 0 aliphatic heterocycles. The van der Waals surface area contributed by atoms with E-state index in [1.807, 2.05) is 13.0 Å². The molecule has 1 saturated carbocycles. The second kappa shape index (κ2) is 6.92. The van der Waals surface area contributed by atoms with Gasteiger partial charge in [0.05, 0.1) is 6.04 Å². The predicted octanol–water partition coefficient (Wildman–Crippen LogP) is 4.79. The van der Waals surface area contributed by atoms with Crippen molar-refractivity contribution in [2.24, 2.45) is 0 Å². The number of hydrogen-bond acceptors (Lipinski definition) is 5. The summed E-state index contributed by atoms with van der Waals surface area (Å²) < 4.78 is 14.1. The van der Waals surface area contributed by atoms with Gasteiger partial charge < -0.3 is 10.6 Å². The van der Waals surface area contributed by atoms with Crippen LogP contribution in [0.3, 0.4) is 0 Å². The maximum absolute atomic E-state index is 14.1.